The van der Waals surface area contributed by atoms with E-state index < -0.39 is 5.97 Å². The zero-order chi connectivity index (χ0) is 14.3. The fourth-order valence-electron chi connectivity index (χ4n) is 2.45. The van der Waals surface area contributed by atoms with E-state index in [1.54, 1.807) is 0 Å². The lowest BCUT2D eigenvalue weighted by Gasteiger charge is -2.00. The molecule has 0 aliphatic heterocycles. The summed E-state index contributed by atoms with van der Waals surface area (Å²) in [5, 5.41) is 11.7. The van der Waals surface area contributed by atoms with Crippen LogP contribution in [0.2, 0.25) is 0 Å². The molecule has 3 rings (SSSR count). The Morgan fingerprint density at radius 1 is 1.45 bits per heavy atom. The number of hydrogen-bond acceptors (Lipinski definition) is 2. The largest absolute Gasteiger partial charge is 0.481 e. The number of aromatic amines is 1. The molecule has 5 heteroatoms. The first kappa shape index (κ1) is 12.9. The fourth-order valence-corrected chi connectivity index (χ4v) is 3.20. The maximum Gasteiger partial charge on any atom is 0.307 e. The molecule has 1 aromatic carbocycles. The van der Waals surface area contributed by atoms with E-state index in [4.69, 9.17) is 5.11 Å². The van der Waals surface area contributed by atoms with Crippen LogP contribution < -0.4 is 0 Å². The van der Waals surface area contributed by atoms with Gasteiger partial charge in [0.05, 0.1) is 17.0 Å². The minimum absolute atomic E-state index is 0.129. The number of rotatable bonds is 3. The van der Waals surface area contributed by atoms with Gasteiger partial charge in [-0.3, -0.25) is 4.79 Å². The summed E-state index contributed by atoms with van der Waals surface area (Å²) < 4.78 is 13.6. The number of aliphatic carboxylic acids is 1. The highest BCUT2D eigenvalue weighted by atomic mass is 32.1. The van der Waals surface area contributed by atoms with Crippen molar-refractivity contribution in [3.63, 3.8) is 0 Å². The second-order valence-electron chi connectivity index (χ2n) is 4.67. The number of aromatic nitrogens is 1. The van der Waals surface area contributed by atoms with Crippen LogP contribution in [0.1, 0.15) is 11.1 Å². The van der Waals surface area contributed by atoms with Gasteiger partial charge in [0.1, 0.15) is 5.82 Å². The van der Waals surface area contributed by atoms with Crippen LogP contribution in [0.15, 0.2) is 29.6 Å². The molecule has 102 valence electrons. The number of carboxylic acid groups (broad SMARTS) is 1. The monoisotopic (exact) mass is 289 g/mol. The second kappa shape index (κ2) is 4.76. The highest BCUT2D eigenvalue weighted by molar-refractivity contribution is 7.13. The van der Waals surface area contributed by atoms with Crippen molar-refractivity contribution >= 4 is 28.2 Å². The summed E-state index contributed by atoms with van der Waals surface area (Å²) in [5.41, 5.74) is 2.98. The average molecular weight is 289 g/mol. The van der Waals surface area contributed by atoms with E-state index in [1.165, 1.54) is 23.5 Å². The minimum atomic E-state index is -0.925. The minimum Gasteiger partial charge on any atom is -0.481 e. The lowest BCUT2D eigenvalue weighted by molar-refractivity contribution is -0.136. The Balaban J connectivity index is 2.33. The molecule has 2 heterocycles. The molecular formula is C15H12FNO2S. The quantitative estimate of drug-likeness (QED) is 0.766. The summed E-state index contributed by atoms with van der Waals surface area (Å²) in [6.45, 7) is 1.81. The number of hydrogen-bond donors (Lipinski definition) is 2. The molecule has 20 heavy (non-hydrogen) atoms. The molecule has 2 N–H and O–H groups in total. The number of thiophene rings is 1. The number of benzene rings is 1. The van der Waals surface area contributed by atoms with Gasteiger partial charge < -0.3 is 10.1 Å². The molecule has 0 bridgehead atoms. The van der Waals surface area contributed by atoms with Gasteiger partial charge in [0, 0.05) is 10.9 Å². The first-order valence-corrected chi connectivity index (χ1v) is 7.00. The number of nitrogens with one attached hydrogen (secondary N) is 1. The molecule has 0 saturated carbocycles. The smallest absolute Gasteiger partial charge is 0.307 e. The lowest BCUT2D eigenvalue weighted by Crippen LogP contribution is -2.00. The van der Waals surface area contributed by atoms with E-state index >= 15 is 0 Å². The van der Waals surface area contributed by atoms with Gasteiger partial charge in [0.2, 0.25) is 0 Å². The van der Waals surface area contributed by atoms with Crippen molar-refractivity contribution in [3.05, 3.63) is 46.6 Å². The maximum absolute atomic E-state index is 13.6. The van der Waals surface area contributed by atoms with E-state index in [9.17, 15) is 9.18 Å². The summed E-state index contributed by atoms with van der Waals surface area (Å²) in [5.74, 6) is -1.27. The maximum atomic E-state index is 13.6. The van der Waals surface area contributed by atoms with Crippen LogP contribution in [-0.2, 0) is 11.2 Å². The van der Waals surface area contributed by atoms with Gasteiger partial charge in [-0.2, -0.15) is 0 Å². The van der Waals surface area contributed by atoms with Crippen LogP contribution in [0.4, 0.5) is 4.39 Å². The average Bonchev–Trinajstić information content (AvgIpc) is 2.97. The predicted octanol–water partition coefficient (Wildman–Crippen LogP) is 3.97. The van der Waals surface area contributed by atoms with Crippen molar-refractivity contribution in [2.24, 2.45) is 0 Å². The van der Waals surface area contributed by atoms with Crippen molar-refractivity contribution in [1.29, 1.82) is 0 Å². The first-order chi connectivity index (χ1) is 9.56. The van der Waals surface area contributed by atoms with Gasteiger partial charge in [-0.15, -0.1) is 11.3 Å². The molecule has 0 aliphatic rings. The van der Waals surface area contributed by atoms with Gasteiger partial charge in [-0.05, 0) is 41.6 Å². The number of fused-ring (bicyclic) bond motifs is 1. The summed E-state index contributed by atoms with van der Waals surface area (Å²) in [4.78, 5) is 15.3. The number of H-pyrrole nitrogens is 1. The van der Waals surface area contributed by atoms with Crippen LogP contribution in [0.25, 0.3) is 21.5 Å². The van der Waals surface area contributed by atoms with Crippen molar-refractivity contribution in [1.82, 2.24) is 4.98 Å². The molecule has 0 amide bonds. The third-order valence-electron chi connectivity index (χ3n) is 3.27. The molecule has 0 spiro atoms. The van der Waals surface area contributed by atoms with Crippen molar-refractivity contribution in [2.75, 3.05) is 0 Å². The normalized spacial score (nSPS) is 11.1. The Labute approximate surface area is 118 Å². The summed E-state index contributed by atoms with van der Waals surface area (Å²) in [7, 11) is 0. The number of halogens is 1. The standard InChI is InChI=1S/C15H12FNO2S/c1-8-5-9(16)6-10-11(7-13(18)19)15(17-14(8)10)12-3-2-4-20-12/h2-6,17H,7H2,1H3,(H,18,19). The molecule has 0 aliphatic carbocycles. The van der Waals surface area contributed by atoms with Crippen LogP contribution in [0, 0.1) is 12.7 Å². The fraction of sp³-hybridized carbons (Fsp3) is 0.133. The van der Waals surface area contributed by atoms with Crippen molar-refractivity contribution < 1.29 is 14.3 Å². The molecule has 3 aromatic rings. The van der Waals surface area contributed by atoms with E-state index in [0.29, 0.717) is 10.9 Å². The Hall–Kier alpha value is -2.14. The van der Waals surface area contributed by atoms with Gasteiger partial charge in [0.15, 0.2) is 0 Å². The van der Waals surface area contributed by atoms with Crippen LogP contribution in [0.5, 0.6) is 0 Å². The van der Waals surface area contributed by atoms with Crippen LogP contribution >= 0.6 is 11.3 Å². The summed E-state index contributed by atoms with van der Waals surface area (Å²) in [6, 6.07) is 6.67. The number of carbonyl (C=O) groups is 1. The van der Waals surface area contributed by atoms with E-state index in [-0.39, 0.29) is 12.2 Å². The molecule has 0 saturated heterocycles. The lowest BCUT2D eigenvalue weighted by atomic mass is 10.0. The van der Waals surface area contributed by atoms with Gasteiger partial charge >= 0.3 is 5.97 Å². The van der Waals surface area contributed by atoms with Crippen LogP contribution in [-0.4, -0.2) is 16.1 Å². The first-order valence-electron chi connectivity index (χ1n) is 6.12. The highest BCUT2D eigenvalue weighted by Gasteiger charge is 2.18. The van der Waals surface area contributed by atoms with Crippen molar-refractivity contribution in [2.45, 2.75) is 13.3 Å². The molecule has 3 nitrogen and oxygen atoms in total. The molecule has 0 radical (unpaired) electrons. The third kappa shape index (κ3) is 2.10. The van der Waals surface area contributed by atoms with Gasteiger partial charge in [0.25, 0.3) is 0 Å². The Morgan fingerprint density at radius 2 is 2.25 bits per heavy atom. The second-order valence-corrected chi connectivity index (χ2v) is 5.62. The van der Waals surface area contributed by atoms with Gasteiger partial charge in [-0.1, -0.05) is 6.07 Å². The van der Waals surface area contributed by atoms with E-state index in [2.05, 4.69) is 4.98 Å². The van der Waals surface area contributed by atoms with Crippen molar-refractivity contribution in [3.8, 4) is 10.6 Å². The zero-order valence-corrected chi connectivity index (χ0v) is 11.6. The Kier molecular flexibility index (Phi) is 3.06. The third-order valence-corrected chi connectivity index (χ3v) is 4.16. The molecule has 0 unspecified atom stereocenters. The summed E-state index contributed by atoms with van der Waals surface area (Å²) in [6.07, 6.45) is -0.129. The van der Waals surface area contributed by atoms with Gasteiger partial charge in [-0.25, -0.2) is 4.39 Å². The highest BCUT2D eigenvalue weighted by Crippen LogP contribution is 2.35. The molecule has 2 aromatic heterocycles. The molecule has 0 atom stereocenters. The molecule has 0 fully saturated rings. The predicted molar refractivity (Wildman–Crippen MR) is 77.6 cm³/mol. The summed E-state index contributed by atoms with van der Waals surface area (Å²) >= 11 is 1.52. The van der Waals surface area contributed by atoms with Crippen LogP contribution in [0.3, 0.4) is 0 Å². The SMILES string of the molecule is Cc1cc(F)cc2c(CC(=O)O)c(-c3cccs3)[nH]c12. The molecular weight excluding hydrogens is 277 g/mol. The Bertz CT molecular complexity index is 790. The Morgan fingerprint density at radius 3 is 2.90 bits per heavy atom. The topological polar surface area (TPSA) is 53.1 Å². The number of aryl methyl sites for hydroxylation is 1. The van der Waals surface area contributed by atoms with E-state index in [0.717, 1.165) is 21.7 Å². The number of carboxylic acids is 1. The zero-order valence-electron chi connectivity index (χ0n) is 10.7. The van der Waals surface area contributed by atoms with E-state index in [1.807, 2.05) is 24.4 Å².